The van der Waals surface area contributed by atoms with Crippen molar-refractivity contribution in [3.8, 4) is 0 Å². The number of rotatable bonds is 4. The molecular weight excluding hydrogens is 292 g/mol. The van der Waals surface area contributed by atoms with Crippen molar-refractivity contribution < 1.29 is 9.90 Å². The van der Waals surface area contributed by atoms with E-state index in [4.69, 9.17) is 0 Å². The highest BCUT2D eigenvalue weighted by atomic mass is 32.2. The largest absolute Gasteiger partial charge is 0.389 e. The summed E-state index contributed by atoms with van der Waals surface area (Å²) in [5, 5.41) is 10.1. The average Bonchev–Trinajstić information content (AvgIpc) is 2.92. The third kappa shape index (κ3) is 2.59. The monoisotopic (exact) mass is 306 g/mol. The minimum atomic E-state index is -0.267. The zero-order valence-electron chi connectivity index (χ0n) is 10.9. The van der Waals surface area contributed by atoms with Gasteiger partial charge in [-0.2, -0.15) is 0 Å². The topological polar surface area (TPSA) is 53.4 Å². The highest BCUT2D eigenvalue weighted by Gasteiger charge is 2.27. The fourth-order valence-electron chi connectivity index (χ4n) is 2.03. The highest BCUT2D eigenvalue weighted by molar-refractivity contribution is 7.98. The number of hydrogen-bond donors (Lipinski definition) is 1. The van der Waals surface area contributed by atoms with Crippen molar-refractivity contribution in [2.24, 2.45) is 0 Å². The molecule has 1 aliphatic heterocycles. The van der Waals surface area contributed by atoms with Gasteiger partial charge >= 0.3 is 0 Å². The lowest BCUT2D eigenvalue weighted by Gasteiger charge is -2.35. The maximum atomic E-state index is 12.4. The highest BCUT2D eigenvalue weighted by Crippen LogP contribution is 2.28. The summed E-state index contributed by atoms with van der Waals surface area (Å²) >= 11 is 3.00. The second-order valence-electron chi connectivity index (χ2n) is 4.63. The molecule has 0 spiro atoms. The van der Waals surface area contributed by atoms with Crippen LogP contribution in [0.15, 0.2) is 35.4 Å². The minimum Gasteiger partial charge on any atom is -0.389 e. The summed E-state index contributed by atoms with van der Waals surface area (Å²) in [5.74, 6) is 0.00530. The molecule has 0 radical (unpaired) electrons. The number of β-amino-alcohol motifs (C(OH)–C–C–N with tert-alkyl or cyclic N) is 1. The Kier molecular flexibility index (Phi) is 3.78. The van der Waals surface area contributed by atoms with Crippen molar-refractivity contribution in [1.29, 1.82) is 0 Å². The van der Waals surface area contributed by atoms with Crippen LogP contribution in [0.4, 0.5) is 5.13 Å². The molecule has 0 saturated carbocycles. The first kappa shape index (κ1) is 13.6. The average molecular weight is 306 g/mol. The summed E-state index contributed by atoms with van der Waals surface area (Å²) < 4.78 is 0. The number of aromatic nitrogens is 1. The van der Waals surface area contributed by atoms with Crippen molar-refractivity contribution in [3.63, 3.8) is 0 Å². The number of ketones is 1. The standard InChI is InChI=1S/C14H14N2O2S2/c1-19-11-4-2-3-9(5-11)13(18)12-6-15-14(20-12)16-7-10(17)8-16/h2-6,10,17H,7-8H2,1H3. The van der Waals surface area contributed by atoms with Crippen LogP contribution in [0.1, 0.15) is 15.2 Å². The van der Waals surface area contributed by atoms with Gasteiger partial charge < -0.3 is 10.0 Å². The molecule has 104 valence electrons. The van der Waals surface area contributed by atoms with Crippen LogP contribution < -0.4 is 4.90 Å². The van der Waals surface area contributed by atoms with Gasteiger partial charge in [-0.1, -0.05) is 23.5 Å². The summed E-state index contributed by atoms with van der Waals surface area (Å²) in [4.78, 5) is 20.4. The molecule has 4 nitrogen and oxygen atoms in total. The van der Waals surface area contributed by atoms with E-state index in [1.807, 2.05) is 35.4 Å². The number of carbonyl (C=O) groups is 1. The summed E-state index contributed by atoms with van der Waals surface area (Å²) in [6, 6.07) is 7.61. The van der Waals surface area contributed by atoms with Crippen LogP contribution in [0.25, 0.3) is 0 Å². The van der Waals surface area contributed by atoms with E-state index in [0.717, 1.165) is 10.0 Å². The molecule has 1 aromatic heterocycles. The van der Waals surface area contributed by atoms with Crippen LogP contribution in [-0.2, 0) is 0 Å². The van der Waals surface area contributed by atoms with Gasteiger partial charge in [0.2, 0.25) is 5.78 Å². The van der Waals surface area contributed by atoms with Gasteiger partial charge in [-0.3, -0.25) is 4.79 Å². The molecule has 1 fully saturated rings. The molecule has 1 aromatic carbocycles. The third-order valence-electron chi connectivity index (χ3n) is 3.18. The maximum Gasteiger partial charge on any atom is 0.204 e. The summed E-state index contributed by atoms with van der Waals surface area (Å²) in [6.07, 6.45) is 3.35. The summed E-state index contributed by atoms with van der Waals surface area (Å²) in [7, 11) is 0. The molecule has 20 heavy (non-hydrogen) atoms. The summed E-state index contributed by atoms with van der Waals surface area (Å²) in [5.41, 5.74) is 0.690. The van der Waals surface area contributed by atoms with E-state index in [2.05, 4.69) is 4.98 Å². The van der Waals surface area contributed by atoms with Crippen LogP contribution in [0.2, 0.25) is 0 Å². The number of carbonyl (C=O) groups excluding carboxylic acids is 1. The second-order valence-corrected chi connectivity index (χ2v) is 6.52. The Morgan fingerprint density at radius 2 is 2.30 bits per heavy atom. The van der Waals surface area contributed by atoms with Crippen LogP contribution in [0.5, 0.6) is 0 Å². The first-order valence-corrected chi connectivity index (χ1v) is 8.29. The molecule has 0 amide bonds. The quantitative estimate of drug-likeness (QED) is 0.694. The molecule has 0 bridgehead atoms. The fourth-order valence-corrected chi connectivity index (χ4v) is 3.39. The number of thiazole rings is 1. The zero-order valence-corrected chi connectivity index (χ0v) is 12.6. The smallest absolute Gasteiger partial charge is 0.204 e. The molecule has 6 heteroatoms. The first-order chi connectivity index (χ1) is 9.67. The summed E-state index contributed by atoms with van der Waals surface area (Å²) in [6.45, 7) is 1.20. The molecule has 2 aromatic rings. The molecule has 3 rings (SSSR count). The predicted octanol–water partition coefficient (Wildman–Crippen LogP) is 2.28. The van der Waals surface area contributed by atoms with Gasteiger partial charge in [-0.25, -0.2) is 4.98 Å². The zero-order chi connectivity index (χ0) is 14.1. The van der Waals surface area contributed by atoms with E-state index in [1.165, 1.54) is 11.3 Å². The lowest BCUT2D eigenvalue weighted by atomic mass is 10.1. The Bertz CT molecular complexity index is 636. The van der Waals surface area contributed by atoms with E-state index in [0.29, 0.717) is 23.5 Å². The van der Waals surface area contributed by atoms with Crippen molar-refractivity contribution in [2.45, 2.75) is 11.0 Å². The molecule has 0 atom stereocenters. The molecule has 2 heterocycles. The van der Waals surface area contributed by atoms with E-state index in [-0.39, 0.29) is 11.9 Å². The molecule has 1 aliphatic rings. The molecule has 0 unspecified atom stereocenters. The van der Waals surface area contributed by atoms with E-state index >= 15 is 0 Å². The first-order valence-electron chi connectivity index (χ1n) is 6.25. The van der Waals surface area contributed by atoms with Crippen LogP contribution >= 0.6 is 23.1 Å². The number of thioether (sulfide) groups is 1. The van der Waals surface area contributed by atoms with Gasteiger partial charge in [0.05, 0.1) is 17.2 Å². The Balaban J connectivity index is 1.80. The number of hydrogen-bond acceptors (Lipinski definition) is 6. The Hall–Kier alpha value is -1.37. The van der Waals surface area contributed by atoms with Crippen molar-refractivity contribution in [3.05, 3.63) is 40.9 Å². The van der Waals surface area contributed by atoms with Crippen LogP contribution in [0.3, 0.4) is 0 Å². The normalized spacial score (nSPS) is 15.2. The Labute approximate surface area is 125 Å². The third-order valence-corrected chi connectivity index (χ3v) is 4.96. The van der Waals surface area contributed by atoms with Gasteiger partial charge in [0, 0.05) is 23.5 Å². The van der Waals surface area contributed by atoms with E-state index in [9.17, 15) is 9.90 Å². The van der Waals surface area contributed by atoms with Gasteiger partial charge in [-0.15, -0.1) is 11.8 Å². The van der Waals surface area contributed by atoms with Crippen molar-refractivity contribution in [1.82, 2.24) is 4.98 Å². The van der Waals surface area contributed by atoms with Crippen LogP contribution in [-0.4, -0.2) is 41.3 Å². The number of benzene rings is 1. The Morgan fingerprint density at radius 3 is 3.00 bits per heavy atom. The van der Waals surface area contributed by atoms with Gasteiger partial charge in [0.25, 0.3) is 0 Å². The van der Waals surface area contributed by atoms with E-state index < -0.39 is 0 Å². The van der Waals surface area contributed by atoms with Crippen molar-refractivity contribution in [2.75, 3.05) is 24.2 Å². The number of anilines is 1. The second kappa shape index (κ2) is 5.55. The van der Waals surface area contributed by atoms with Crippen molar-refractivity contribution >= 4 is 34.0 Å². The molecule has 0 aliphatic carbocycles. The fraction of sp³-hybridized carbons (Fsp3) is 0.286. The van der Waals surface area contributed by atoms with E-state index in [1.54, 1.807) is 18.0 Å². The van der Waals surface area contributed by atoms with Gasteiger partial charge in [0.1, 0.15) is 0 Å². The lowest BCUT2D eigenvalue weighted by molar-refractivity contribution is 0.104. The number of aliphatic hydroxyl groups excluding tert-OH is 1. The van der Waals surface area contributed by atoms with Gasteiger partial charge in [0.15, 0.2) is 5.13 Å². The van der Waals surface area contributed by atoms with Gasteiger partial charge in [-0.05, 0) is 18.4 Å². The molecular formula is C14H14N2O2S2. The Morgan fingerprint density at radius 1 is 1.50 bits per heavy atom. The SMILES string of the molecule is CSc1cccc(C(=O)c2cnc(N3CC(O)C3)s2)c1. The minimum absolute atomic E-state index is 0.00530. The molecule has 1 saturated heterocycles. The molecule has 1 N–H and O–H groups in total. The number of aliphatic hydroxyl groups is 1. The van der Waals surface area contributed by atoms with Crippen LogP contribution in [0, 0.1) is 0 Å². The lowest BCUT2D eigenvalue weighted by Crippen LogP contribution is -2.50. The number of nitrogens with zero attached hydrogens (tertiary/aromatic N) is 2. The predicted molar refractivity (Wildman–Crippen MR) is 82.0 cm³/mol. The maximum absolute atomic E-state index is 12.4.